The fraction of sp³-hybridized carbons (Fsp3) is 0.581. The SMILES string of the molecule is CC(C)(C)c1ccc(OP(O)OC(c2ccc(C(C)(C)C)cc2C(C)(C)C)c2ccc(C(C)(C)C)cc2C(C)(C)C)c(C(C)(C)C)c1. The standard InChI is InChI=1S/C43H65O3P/c1-38(2,3)28-19-22-31(33(25-28)41(10,11)12)37(32-23-20-29(39(4,5)6)26-34(32)42(13,14)15)46-47(44)45-36-24-21-30(40(7,8)9)27-35(36)43(16,17)18/h19-27,37,44H,1-18H3. The van der Waals surface area contributed by atoms with Crippen molar-refractivity contribution < 1.29 is 13.9 Å². The van der Waals surface area contributed by atoms with Crippen molar-refractivity contribution in [2.24, 2.45) is 0 Å². The van der Waals surface area contributed by atoms with Crippen LogP contribution in [0.3, 0.4) is 0 Å². The zero-order chi connectivity index (χ0) is 36.1. The third-order valence-corrected chi connectivity index (χ3v) is 9.79. The molecule has 47 heavy (non-hydrogen) atoms. The third-order valence-electron chi connectivity index (χ3n) is 9.05. The van der Waals surface area contributed by atoms with E-state index in [-0.39, 0.29) is 32.5 Å². The number of hydrogen-bond acceptors (Lipinski definition) is 3. The van der Waals surface area contributed by atoms with E-state index in [0.29, 0.717) is 5.75 Å². The van der Waals surface area contributed by atoms with Gasteiger partial charge in [0.25, 0.3) is 0 Å². The minimum Gasteiger partial charge on any atom is -0.427 e. The van der Waals surface area contributed by atoms with E-state index in [9.17, 15) is 4.89 Å². The molecule has 3 nitrogen and oxygen atoms in total. The Hall–Kier alpha value is -2.19. The van der Waals surface area contributed by atoms with Gasteiger partial charge < -0.3 is 9.42 Å². The maximum absolute atomic E-state index is 11.8. The normalized spacial score (nSPS) is 14.5. The van der Waals surface area contributed by atoms with Crippen molar-refractivity contribution >= 4 is 8.60 Å². The van der Waals surface area contributed by atoms with Gasteiger partial charge in [-0.2, -0.15) is 0 Å². The summed E-state index contributed by atoms with van der Waals surface area (Å²) in [5.74, 6) is 0.663. The van der Waals surface area contributed by atoms with Gasteiger partial charge in [-0.15, -0.1) is 0 Å². The topological polar surface area (TPSA) is 38.7 Å². The Balaban J connectivity index is 2.28. The second-order valence-corrected chi connectivity index (χ2v) is 20.5. The van der Waals surface area contributed by atoms with Gasteiger partial charge in [0, 0.05) is 5.56 Å². The van der Waals surface area contributed by atoms with E-state index in [1.165, 1.54) is 27.8 Å². The van der Waals surface area contributed by atoms with Crippen LogP contribution in [0.5, 0.6) is 5.75 Å². The first-order valence-corrected chi connectivity index (χ1v) is 18.4. The molecule has 0 aliphatic heterocycles. The summed E-state index contributed by atoms with van der Waals surface area (Å²) < 4.78 is 13.2. The molecule has 1 N–H and O–H groups in total. The van der Waals surface area contributed by atoms with Crippen LogP contribution < -0.4 is 4.52 Å². The van der Waals surface area contributed by atoms with Crippen LogP contribution in [0.15, 0.2) is 54.6 Å². The Morgan fingerprint density at radius 2 is 0.766 bits per heavy atom. The maximum atomic E-state index is 11.8. The molecular formula is C43H65O3P. The van der Waals surface area contributed by atoms with Crippen molar-refractivity contribution in [2.75, 3.05) is 0 Å². The van der Waals surface area contributed by atoms with Gasteiger partial charge in [-0.1, -0.05) is 173 Å². The zero-order valence-electron chi connectivity index (χ0n) is 33.0. The molecule has 3 aromatic carbocycles. The van der Waals surface area contributed by atoms with Gasteiger partial charge in [-0.05, 0) is 77.5 Å². The van der Waals surface area contributed by atoms with Crippen molar-refractivity contribution in [1.29, 1.82) is 0 Å². The molecule has 1 atom stereocenters. The average Bonchev–Trinajstić information content (AvgIpc) is 2.88. The van der Waals surface area contributed by atoms with Crippen LogP contribution in [0.2, 0.25) is 0 Å². The highest BCUT2D eigenvalue weighted by molar-refractivity contribution is 7.41. The molecule has 0 fully saturated rings. The van der Waals surface area contributed by atoms with Crippen LogP contribution in [0.1, 0.15) is 175 Å². The van der Waals surface area contributed by atoms with E-state index in [1.54, 1.807) is 0 Å². The predicted octanol–water partition coefficient (Wildman–Crippen LogP) is 12.9. The highest BCUT2D eigenvalue weighted by Crippen LogP contribution is 2.50. The molecule has 4 heteroatoms. The van der Waals surface area contributed by atoms with Crippen LogP contribution in [0, 0.1) is 0 Å². The highest BCUT2D eigenvalue weighted by atomic mass is 31.2. The molecular weight excluding hydrogens is 595 g/mol. The summed E-state index contributed by atoms with van der Waals surface area (Å²) in [5, 5.41) is 0. The van der Waals surface area contributed by atoms with Gasteiger partial charge in [-0.25, -0.2) is 0 Å². The molecule has 0 aliphatic carbocycles. The number of benzene rings is 3. The Bertz CT molecular complexity index is 1470. The lowest BCUT2D eigenvalue weighted by molar-refractivity contribution is 0.203. The van der Waals surface area contributed by atoms with Crippen LogP contribution in [-0.2, 0) is 37.0 Å². The molecule has 260 valence electrons. The molecule has 3 rings (SSSR count). The zero-order valence-corrected chi connectivity index (χ0v) is 33.9. The number of hydrogen-bond donors (Lipinski definition) is 1. The summed E-state index contributed by atoms with van der Waals surface area (Å²) in [7, 11) is -2.30. The molecule has 0 aliphatic rings. The van der Waals surface area contributed by atoms with Crippen molar-refractivity contribution in [3.63, 3.8) is 0 Å². The van der Waals surface area contributed by atoms with Crippen molar-refractivity contribution in [1.82, 2.24) is 0 Å². The van der Waals surface area contributed by atoms with Gasteiger partial charge in [0.1, 0.15) is 11.9 Å². The lowest BCUT2D eigenvalue weighted by Crippen LogP contribution is -2.24. The van der Waals surface area contributed by atoms with Crippen molar-refractivity contribution in [3.8, 4) is 5.75 Å². The van der Waals surface area contributed by atoms with Crippen LogP contribution in [-0.4, -0.2) is 4.89 Å². The first-order valence-electron chi connectivity index (χ1n) is 17.3. The Morgan fingerprint density at radius 3 is 1.09 bits per heavy atom. The smallest absolute Gasteiger partial charge is 0.395 e. The quantitative estimate of drug-likeness (QED) is 0.267. The molecule has 0 amide bonds. The average molecular weight is 661 g/mol. The maximum Gasteiger partial charge on any atom is 0.395 e. The van der Waals surface area contributed by atoms with Gasteiger partial charge in [0.05, 0.1) is 0 Å². The highest BCUT2D eigenvalue weighted by Gasteiger charge is 2.34. The lowest BCUT2D eigenvalue weighted by atomic mass is 9.74. The Morgan fingerprint density at radius 1 is 0.447 bits per heavy atom. The molecule has 0 saturated heterocycles. The Labute approximate surface area is 289 Å². The van der Waals surface area contributed by atoms with Gasteiger partial charge >= 0.3 is 8.60 Å². The van der Waals surface area contributed by atoms with E-state index < -0.39 is 14.7 Å². The molecule has 0 heterocycles. The summed E-state index contributed by atoms with van der Waals surface area (Å²) in [6.07, 6.45) is -0.537. The third kappa shape index (κ3) is 9.71. The van der Waals surface area contributed by atoms with Crippen molar-refractivity contribution in [2.45, 2.75) is 163 Å². The first kappa shape index (κ1) is 39.3. The predicted molar refractivity (Wildman–Crippen MR) is 204 cm³/mol. The lowest BCUT2D eigenvalue weighted by Gasteiger charge is -2.34. The molecule has 0 saturated carbocycles. The summed E-state index contributed by atoms with van der Waals surface area (Å²) in [5.41, 5.74) is 8.87. The summed E-state index contributed by atoms with van der Waals surface area (Å²) in [4.78, 5) is 11.8. The van der Waals surface area contributed by atoms with E-state index in [0.717, 1.165) is 16.7 Å². The van der Waals surface area contributed by atoms with E-state index in [1.807, 2.05) is 6.07 Å². The van der Waals surface area contributed by atoms with E-state index in [2.05, 4.69) is 173 Å². The molecule has 3 aromatic rings. The monoisotopic (exact) mass is 660 g/mol. The molecule has 0 bridgehead atoms. The Kier molecular flexibility index (Phi) is 11.1. The molecule has 1 unspecified atom stereocenters. The molecule has 0 radical (unpaired) electrons. The molecule has 0 aromatic heterocycles. The fourth-order valence-electron chi connectivity index (χ4n) is 5.94. The first-order chi connectivity index (χ1) is 21.0. The van der Waals surface area contributed by atoms with E-state index >= 15 is 0 Å². The van der Waals surface area contributed by atoms with Crippen molar-refractivity contribution in [3.05, 3.63) is 99.1 Å². The van der Waals surface area contributed by atoms with Gasteiger partial charge in [-0.3, -0.25) is 4.52 Å². The minimum atomic E-state index is -2.30. The summed E-state index contributed by atoms with van der Waals surface area (Å²) >= 11 is 0. The largest absolute Gasteiger partial charge is 0.427 e. The second-order valence-electron chi connectivity index (χ2n) is 19.6. The summed E-state index contributed by atoms with van der Waals surface area (Å²) in [6, 6.07) is 19.9. The van der Waals surface area contributed by atoms with Gasteiger partial charge in [0.15, 0.2) is 0 Å². The second kappa shape index (κ2) is 13.3. The minimum absolute atomic E-state index is 0.00474. The van der Waals surface area contributed by atoms with Crippen LogP contribution >= 0.6 is 8.60 Å². The van der Waals surface area contributed by atoms with Crippen LogP contribution in [0.4, 0.5) is 0 Å². The fourth-order valence-corrected chi connectivity index (χ4v) is 6.72. The van der Waals surface area contributed by atoms with Gasteiger partial charge in [0.2, 0.25) is 0 Å². The number of rotatable bonds is 6. The van der Waals surface area contributed by atoms with E-state index in [4.69, 9.17) is 9.05 Å². The summed E-state index contributed by atoms with van der Waals surface area (Å²) in [6.45, 7) is 40.3. The molecule has 0 spiro atoms. The van der Waals surface area contributed by atoms with Crippen LogP contribution in [0.25, 0.3) is 0 Å².